The van der Waals surface area contributed by atoms with Gasteiger partial charge in [-0.15, -0.1) is 0 Å². The van der Waals surface area contributed by atoms with E-state index in [-0.39, 0.29) is 17.8 Å². The number of carbonyl (C=O) groups excluding carboxylic acids is 3. The lowest BCUT2D eigenvalue weighted by Gasteiger charge is -2.18. The Morgan fingerprint density at radius 3 is 2.57 bits per heavy atom. The lowest BCUT2D eigenvalue weighted by Crippen LogP contribution is -2.35. The molecule has 23 heavy (non-hydrogen) atoms. The molecule has 3 rings (SSSR count). The first kappa shape index (κ1) is 15.5. The van der Waals surface area contributed by atoms with Gasteiger partial charge in [-0.1, -0.05) is 30.3 Å². The van der Waals surface area contributed by atoms with E-state index in [0.717, 1.165) is 18.5 Å². The van der Waals surface area contributed by atoms with E-state index in [2.05, 4.69) is 5.32 Å². The van der Waals surface area contributed by atoms with Crippen LogP contribution in [0.5, 0.6) is 0 Å². The number of rotatable bonds is 6. The summed E-state index contributed by atoms with van der Waals surface area (Å²) in [6, 6.07) is 8.83. The summed E-state index contributed by atoms with van der Waals surface area (Å²) >= 11 is 0. The fourth-order valence-electron chi connectivity index (χ4n) is 3.14. The van der Waals surface area contributed by atoms with Crippen LogP contribution in [0.4, 0.5) is 4.79 Å². The van der Waals surface area contributed by atoms with Gasteiger partial charge in [0.25, 0.3) is 5.91 Å². The van der Waals surface area contributed by atoms with Crippen LogP contribution in [-0.4, -0.2) is 53.3 Å². The van der Waals surface area contributed by atoms with Crippen molar-refractivity contribution in [1.29, 1.82) is 0 Å². The number of carbonyl (C=O) groups is 3. The first-order valence-electron chi connectivity index (χ1n) is 8.09. The Hall–Kier alpha value is -2.37. The zero-order valence-corrected chi connectivity index (χ0v) is 13.0. The molecular weight excluding hydrogens is 294 g/mol. The van der Waals surface area contributed by atoms with Crippen LogP contribution in [-0.2, 0) is 16.0 Å². The average molecular weight is 315 g/mol. The molecule has 122 valence electrons. The number of hydrogen-bond donors (Lipinski definition) is 1. The van der Waals surface area contributed by atoms with Gasteiger partial charge < -0.3 is 10.2 Å². The zero-order chi connectivity index (χ0) is 16.2. The topological polar surface area (TPSA) is 69.7 Å². The lowest BCUT2D eigenvalue weighted by molar-refractivity contribution is -0.127. The molecule has 0 aromatic heterocycles. The zero-order valence-electron chi connectivity index (χ0n) is 13.0. The molecule has 0 unspecified atom stereocenters. The molecular formula is C17H21N3O3. The molecule has 1 aromatic rings. The highest BCUT2D eigenvalue weighted by molar-refractivity contribution is 6.04. The summed E-state index contributed by atoms with van der Waals surface area (Å²) in [4.78, 5) is 39.0. The van der Waals surface area contributed by atoms with Crippen molar-refractivity contribution in [2.45, 2.75) is 31.7 Å². The largest absolute Gasteiger partial charge is 0.343 e. The Labute approximate surface area is 135 Å². The first-order valence-corrected chi connectivity index (χ1v) is 8.09. The quantitative estimate of drug-likeness (QED) is 0.801. The number of nitrogens with zero attached hydrogens (tertiary/aromatic N) is 2. The summed E-state index contributed by atoms with van der Waals surface area (Å²) in [5.74, 6) is -0.00393. The lowest BCUT2D eigenvalue weighted by atomic mass is 10.1. The molecule has 1 atom stereocenters. The molecule has 2 heterocycles. The third kappa shape index (κ3) is 3.52. The van der Waals surface area contributed by atoms with E-state index >= 15 is 0 Å². The molecule has 0 saturated carbocycles. The smallest absolute Gasteiger partial charge is 0.324 e. The summed E-state index contributed by atoms with van der Waals surface area (Å²) in [5.41, 5.74) is 1.02. The molecule has 6 nitrogen and oxygen atoms in total. The van der Waals surface area contributed by atoms with Crippen molar-refractivity contribution in [1.82, 2.24) is 15.1 Å². The first-order chi connectivity index (χ1) is 11.1. The number of likely N-dealkylation sites (tertiary alicyclic amines) is 1. The van der Waals surface area contributed by atoms with E-state index in [4.69, 9.17) is 0 Å². The minimum Gasteiger partial charge on any atom is -0.343 e. The fourth-order valence-corrected chi connectivity index (χ4v) is 3.14. The van der Waals surface area contributed by atoms with E-state index in [9.17, 15) is 14.4 Å². The van der Waals surface area contributed by atoms with Crippen molar-refractivity contribution in [2.24, 2.45) is 0 Å². The highest BCUT2D eigenvalue weighted by Gasteiger charge is 2.37. The van der Waals surface area contributed by atoms with Crippen LogP contribution in [0.1, 0.15) is 24.8 Å². The van der Waals surface area contributed by atoms with Crippen molar-refractivity contribution in [3.63, 3.8) is 0 Å². The van der Waals surface area contributed by atoms with Crippen LogP contribution in [0.25, 0.3) is 0 Å². The van der Waals surface area contributed by atoms with Crippen LogP contribution in [0.3, 0.4) is 0 Å². The van der Waals surface area contributed by atoms with Crippen molar-refractivity contribution in [3.8, 4) is 0 Å². The van der Waals surface area contributed by atoms with Gasteiger partial charge in [0.05, 0.1) is 0 Å². The minimum absolute atomic E-state index is 0.171. The van der Waals surface area contributed by atoms with Crippen LogP contribution >= 0.6 is 0 Å². The molecule has 4 amide bonds. The third-order valence-electron chi connectivity index (χ3n) is 4.37. The van der Waals surface area contributed by atoms with E-state index in [1.807, 2.05) is 30.3 Å². The van der Waals surface area contributed by atoms with Crippen molar-refractivity contribution >= 4 is 17.8 Å². The van der Waals surface area contributed by atoms with Gasteiger partial charge in [-0.2, -0.15) is 0 Å². The number of imide groups is 1. The second-order valence-electron chi connectivity index (χ2n) is 6.02. The predicted molar refractivity (Wildman–Crippen MR) is 84.6 cm³/mol. The third-order valence-corrected chi connectivity index (χ3v) is 4.37. The number of urea groups is 1. The fraction of sp³-hybridized carbons (Fsp3) is 0.471. The number of hydrogen-bond acceptors (Lipinski definition) is 3. The molecule has 6 heteroatoms. The van der Waals surface area contributed by atoms with Gasteiger partial charge in [0, 0.05) is 32.5 Å². The van der Waals surface area contributed by atoms with Crippen LogP contribution in [0.15, 0.2) is 30.3 Å². The van der Waals surface area contributed by atoms with Crippen LogP contribution < -0.4 is 5.32 Å². The maximum absolute atomic E-state index is 12.4. The summed E-state index contributed by atoms with van der Waals surface area (Å²) in [5, 5.41) is 2.75. The van der Waals surface area contributed by atoms with Gasteiger partial charge in [-0.3, -0.25) is 14.5 Å². The van der Waals surface area contributed by atoms with E-state index < -0.39 is 6.04 Å². The SMILES string of the molecule is O=C1CCCN1CCCN1C(=O)N[C@H](Cc2ccccc2)C1=O. The average Bonchev–Trinajstić information content (AvgIpc) is 3.06. The maximum Gasteiger partial charge on any atom is 0.324 e. The molecule has 2 aliphatic heterocycles. The molecule has 2 saturated heterocycles. The maximum atomic E-state index is 12.4. The summed E-state index contributed by atoms with van der Waals surface area (Å²) in [7, 11) is 0. The predicted octanol–water partition coefficient (Wildman–Crippen LogP) is 1.16. The molecule has 0 spiro atoms. The van der Waals surface area contributed by atoms with Crippen molar-refractivity contribution < 1.29 is 14.4 Å². The molecule has 2 aliphatic rings. The van der Waals surface area contributed by atoms with Gasteiger partial charge in [0.15, 0.2) is 0 Å². The van der Waals surface area contributed by atoms with Crippen molar-refractivity contribution in [2.75, 3.05) is 19.6 Å². The number of amides is 4. The Bertz CT molecular complexity index is 602. The Morgan fingerprint density at radius 2 is 1.87 bits per heavy atom. The Morgan fingerprint density at radius 1 is 1.09 bits per heavy atom. The van der Waals surface area contributed by atoms with E-state index in [1.165, 1.54) is 4.90 Å². The summed E-state index contributed by atoms with van der Waals surface area (Å²) in [6.07, 6.45) is 2.65. The van der Waals surface area contributed by atoms with Crippen LogP contribution in [0, 0.1) is 0 Å². The normalized spacial score (nSPS) is 21.2. The number of benzene rings is 1. The molecule has 0 bridgehead atoms. The molecule has 0 radical (unpaired) electrons. The standard InChI is InChI=1S/C17H21N3O3/c21-15-8-4-9-19(15)10-5-11-20-16(22)14(18-17(20)23)12-13-6-2-1-3-7-13/h1-3,6-7,14H,4-5,8-12H2,(H,18,23)/t14-/m1/s1. The minimum atomic E-state index is -0.488. The monoisotopic (exact) mass is 315 g/mol. The molecule has 1 N–H and O–H groups in total. The highest BCUT2D eigenvalue weighted by atomic mass is 16.2. The van der Waals surface area contributed by atoms with Gasteiger partial charge in [0.2, 0.25) is 5.91 Å². The second-order valence-corrected chi connectivity index (χ2v) is 6.02. The van der Waals surface area contributed by atoms with Crippen molar-refractivity contribution in [3.05, 3.63) is 35.9 Å². The second kappa shape index (κ2) is 6.81. The van der Waals surface area contributed by atoms with E-state index in [0.29, 0.717) is 32.4 Å². The molecule has 1 aromatic carbocycles. The van der Waals surface area contributed by atoms with Gasteiger partial charge in [-0.05, 0) is 18.4 Å². The highest BCUT2D eigenvalue weighted by Crippen LogP contribution is 2.14. The van der Waals surface area contributed by atoms with Crippen LogP contribution in [0.2, 0.25) is 0 Å². The van der Waals surface area contributed by atoms with E-state index in [1.54, 1.807) is 4.90 Å². The van der Waals surface area contributed by atoms with Gasteiger partial charge in [0.1, 0.15) is 6.04 Å². The van der Waals surface area contributed by atoms with Gasteiger partial charge in [-0.25, -0.2) is 4.79 Å². The molecule has 0 aliphatic carbocycles. The summed E-state index contributed by atoms with van der Waals surface area (Å²) in [6.45, 7) is 1.76. The molecule has 2 fully saturated rings. The summed E-state index contributed by atoms with van der Waals surface area (Å²) < 4.78 is 0. The number of nitrogens with one attached hydrogen (secondary N) is 1. The Balaban J connectivity index is 1.51. The van der Waals surface area contributed by atoms with Gasteiger partial charge >= 0.3 is 6.03 Å². The Kier molecular flexibility index (Phi) is 4.60.